The smallest absolute Gasteiger partial charge is 0.146 e. The Labute approximate surface area is 124 Å². The number of halogens is 2. The van der Waals surface area contributed by atoms with Gasteiger partial charge in [-0.25, -0.2) is 8.78 Å². The van der Waals surface area contributed by atoms with Crippen LogP contribution in [0.25, 0.3) is 0 Å². The lowest BCUT2D eigenvalue weighted by Gasteiger charge is -2.25. The molecule has 1 atom stereocenters. The van der Waals surface area contributed by atoms with E-state index in [1.54, 1.807) is 18.2 Å². The topological polar surface area (TPSA) is 29.3 Å². The average Bonchev–Trinajstić information content (AvgIpc) is 2.49. The highest BCUT2D eigenvalue weighted by molar-refractivity contribution is 5.47. The maximum Gasteiger partial charge on any atom is 0.146 e. The fraction of sp³-hybridized carbons (Fsp3) is 0.294. The predicted octanol–water partition coefficient (Wildman–Crippen LogP) is 3.88. The molecule has 0 aromatic heterocycles. The van der Waals surface area contributed by atoms with Crippen LogP contribution in [0.3, 0.4) is 0 Å². The first-order valence-corrected chi connectivity index (χ1v) is 7.12. The van der Waals surface area contributed by atoms with Gasteiger partial charge in [-0.05, 0) is 43.2 Å². The zero-order valence-electron chi connectivity index (χ0n) is 12.1. The van der Waals surface area contributed by atoms with E-state index >= 15 is 0 Å². The van der Waals surface area contributed by atoms with Crippen LogP contribution in [-0.2, 0) is 0 Å². The van der Waals surface area contributed by atoms with Crippen molar-refractivity contribution in [1.82, 2.24) is 0 Å². The Bertz CT molecular complexity index is 587. The van der Waals surface area contributed by atoms with Crippen LogP contribution in [0.4, 0.5) is 14.5 Å². The van der Waals surface area contributed by atoms with E-state index in [0.717, 1.165) is 5.56 Å². The Morgan fingerprint density at radius 2 is 1.86 bits per heavy atom. The summed E-state index contributed by atoms with van der Waals surface area (Å²) >= 11 is 0. The summed E-state index contributed by atoms with van der Waals surface area (Å²) in [6, 6.07) is 12.7. The van der Waals surface area contributed by atoms with Gasteiger partial charge in [0.25, 0.3) is 0 Å². The number of benzene rings is 2. The molecule has 112 valence electrons. The highest BCUT2D eigenvalue weighted by Gasteiger charge is 2.12. The quantitative estimate of drug-likeness (QED) is 0.874. The molecular weight excluding hydrogens is 270 g/mol. The second-order valence-electron chi connectivity index (χ2n) is 4.98. The van der Waals surface area contributed by atoms with E-state index in [4.69, 9.17) is 5.73 Å². The van der Waals surface area contributed by atoms with Gasteiger partial charge in [0.1, 0.15) is 11.6 Å². The van der Waals surface area contributed by atoms with Crippen LogP contribution in [0.2, 0.25) is 0 Å². The first kappa shape index (κ1) is 15.4. The third-order valence-corrected chi connectivity index (χ3v) is 3.56. The summed E-state index contributed by atoms with van der Waals surface area (Å²) in [6.45, 7) is 3.28. The second kappa shape index (κ2) is 7.18. The van der Waals surface area contributed by atoms with Crippen LogP contribution < -0.4 is 10.6 Å². The first-order valence-electron chi connectivity index (χ1n) is 7.12. The van der Waals surface area contributed by atoms with Crippen molar-refractivity contribution in [3.8, 4) is 0 Å². The molecule has 0 radical (unpaired) electrons. The van der Waals surface area contributed by atoms with Gasteiger partial charge in [0.15, 0.2) is 0 Å². The van der Waals surface area contributed by atoms with Gasteiger partial charge in [0, 0.05) is 19.1 Å². The van der Waals surface area contributed by atoms with Crippen LogP contribution in [-0.4, -0.2) is 13.1 Å². The molecule has 2 aromatic carbocycles. The van der Waals surface area contributed by atoms with Crippen molar-refractivity contribution >= 4 is 5.69 Å². The Morgan fingerprint density at radius 3 is 2.52 bits per heavy atom. The molecule has 0 heterocycles. The summed E-state index contributed by atoms with van der Waals surface area (Å²) in [4.78, 5) is 1.94. The lowest BCUT2D eigenvalue weighted by molar-refractivity contribution is 0.591. The summed E-state index contributed by atoms with van der Waals surface area (Å²) in [7, 11) is 0. The number of rotatable bonds is 6. The molecule has 0 saturated carbocycles. The fourth-order valence-corrected chi connectivity index (χ4v) is 2.36. The molecule has 0 aliphatic rings. The molecule has 2 aromatic rings. The minimum absolute atomic E-state index is 0.237. The van der Waals surface area contributed by atoms with Crippen molar-refractivity contribution in [2.24, 2.45) is 5.73 Å². The van der Waals surface area contributed by atoms with E-state index in [1.165, 1.54) is 18.2 Å². The SMILES string of the molecule is CCN(CCC(N)c1cccc(F)c1)c1ccccc1F. The van der Waals surface area contributed by atoms with Gasteiger partial charge in [-0.1, -0.05) is 24.3 Å². The predicted molar refractivity (Wildman–Crippen MR) is 82.2 cm³/mol. The van der Waals surface area contributed by atoms with E-state index < -0.39 is 0 Å². The van der Waals surface area contributed by atoms with Crippen molar-refractivity contribution in [1.29, 1.82) is 0 Å². The molecule has 2 nitrogen and oxygen atoms in total. The van der Waals surface area contributed by atoms with Gasteiger partial charge in [-0.3, -0.25) is 0 Å². The molecule has 0 aliphatic carbocycles. The van der Waals surface area contributed by atoms with Crippen LogP contribution in [0.1, 0.15) is 24.9 Å². The molecule has 0 amide bonds. The standard InChI is InChI=1S/C17H20F2N2/c1-2-21(17-9-4-3-8-15(17)19)11-10-16(20)13-6-5-7-14(18)12-13/h3-9,12,16H,2,10-11,20H2,1H3. The minimum atomic E-state index is -0.288. The highest BCUT2D eigenvalue weighted by atomic mass is 19.1. The van der Waals surface area contributed by atoms with Crippen LogP contribution in [0.5, 0.6) is 0 Å². The van der Waals surface area contributed by atoms with E-state index in [-0.39, 0.29) is 17.7 Å². The van der Waals surface area contributed by atoms with Crippen LogP contribution in [0.15, 0.2) is 48.5 Å². The molecule has 2 N–H and O–H groups in total. The Morgan fingerprint density at radius 1 is 1.10 bits per heavy atom. The number of nitrogens with zero attached hydrogens (tertiary/aromatic N) is 1. The Balaban J connectivity index is 2.02. The largest absolute Gasteiger partial charge is 0.369 e. The third-order valence-electron chi connectivity index (χ3n) is 3.56. The maximum atomic E-state index is 13.8. The number of hydrogen-bond donors (Lipinski definition) is 1. The van der Waals surface area contributed by atoms with Crippen molar-refractivity contribution in [2.75, 3.05) is 18.0 Å². The molecular formula is C17H20F2N2. The summed E-state index contributed by atoms with van der Waals surface area (Å²) in [5.74, 6) is -0.525. The van der Waals surface area contributed by atoms with Crippen molar-refractivity contribution in [3.63, 3.8) is 0 Å². The summed E-state index contributed by atoms with van der Waals surface area (Å²) < 4.78 is 27.0. The molecule has 0 spiro atoms. The van der Waals surface area contributed by atoms with Gasteiger partial charge >= 0.3 is 0 Å². The average molecular weight is 290 g/mol. The molecule has 2 rings (SSSR count). The van der Waals surface area contributed by atoms with Crippen molar-refractivity contribution in [3.05, 3.63) is 65.7 Å². The third kappa shape index (κ3) is 4.02. The molecule has 0 aliphatic heterocycles. The lowest BCUT2D eigenvalue weighted by atomic mass is 10.0. The van der Waals surface area contributed by atoms with Crippen LogP contribution >= 0.6 is 0 Å². The minimum Gasteiger partial charge on any atom is -0.369 e. The van der Waals surface area contributed by atoms with Gasteiger partial charge in [-0.15, -0.1) is 0 Å². The lowest BCUT2D eigenvalue weighted by Crippen LogP contribution is -2.27. The first-order chi connectivity index (χ1) is 10.1. The number of para-hydroxylation sites is 1. The molecule has 21 heavy (non-hydrogen) atoms. The van der Waals surface area contributed by atoms with E-state index in [1.807, 2.05) is 24.0 Å². The Hall–Kier alpha value is -1.94. The van der Waals surface area contributed by atoms with Crippen LogP contribution in [0, 0.1) is 11.6 Å². The zero-order chi connectivity index (χ0) is 15.2. The molecule has 0 fully saturated rings. The highest BCUT2D eigenvalue weighted by Crippen LogP contribution is 2.21. The monoisotopic (exact) mass is 290 g/mol. The summed E-state index contributed by atoms with van der Waals surface area (Å²) in [5.41, 5.74) is 7.43. The second-order valence-corrected chi connectivity index (χ2v) is 4.98. The molecule has 1 unspecified atom stereocenters. The van der Waals surface area contributed by atoms with Gasteiger partial charge in [-0.2, -0.15) is 0 Å². The molecule has 0 saturated heterocycles. The van der Waals surface area contributed by atoms with Gasteiger partial charge < -0.3 is 10.6 Å². The number of hydrogen-bond acceptors (Lipinski definition) is 2. The van der Waals surface area contributed by atoms with Gasteiger partial charge in [0.2, 0.25) is 0 Å². The van der Waals surface area contributed by atoms with Crippen molar-refractivity contribution in [2.45, 2.75) is 19.4 Å². The van der Waals surface area contributed by atoms with Crippen molar-refractivity contribution < 1.29 is 8.78 Å². The Kier molecular flexibility index (Phi) is 5.28. The van der Waals surface area contributed by atoms with E-state index in [9.17, 15) is 8.78 Å². The normalized spacial score (nSPS) is 12.2. The van der Waals surface area contributed by atoms with E-state index in [0.29, 0.717) is 25.2 Å². The fourth-order valence-electron chi connectivity index (χ4n) is 2.36. The summed E-state index contributed by atoms with van der Waals surface area (Å²) in [6.07, 6.45) is 0.631. The zero-order valence-corrected chi connectivity index (χ0v) is 12.1. The number of nitrogens with two attached hydrogens (primary N) is 1. The number of anilines is 1. The molecule has 4 heteroatoms. The van der Waals surface area contributed by atoms with E-state index in [2.05, 4.69) is 0 Å². The summed E-state index contributed by atoms with van der Waals surface area (Å²) in [5, 5.41) is 0. The van der Waals surface area contributed by atoms with Gasteiger partial charge in [0.05, 0.1) is 5.69 Å². The molecule has 0 bridgehead atoms. The maximum absolute atomic E-state index is 13.8.